The van der Waals surface area contributed by atoms with E-state index in [2.05, 4.69) is 84.1 Å². The maximum absolute atomic E-state index is 13.3. The van der Waals surface area contributed by atoms with Gasteiger partial charge in [-0.05, 0) is 145 Å². The molecular weight excluding hydrogens is 686 g/mol. The van der Waals surface area contributed by atoms with Gasteiger partial charge >= 0.3 is 0 Å². The summed E-state index contributed by atoms with van der Waals surface area (Å²) in [4.78, 5) is 15.3. The van der Waals surface area contributed by atoms with E-state index in [9.17, 15) is 4.79 Å². The molecule has 0 aromatic carbocycles. The number of fused-ring (bicyclic) bond motifs is 5. The first-order valence-electron chi connectivity index (χ1n) is 19.8. The molecule has 0 aromatic rings. The van der Waals surface area contributed by atoms with Gasteiger partial charge in [-0.25, -0.2) is 0 Å². The van der Waals surface area contributed by atoms with Crippen LogP contribution in [-0.2, 0) is 4.79 Å². The van der Waals surface area contributed by atoms with Gasteiger partial charge in [-0.15, -0.1) is 24.8 Å². The summed E-state index contributed by atoms with van der Waals surface area (Å²) in [5.41, 5.74) is 14.8. The Balaban J connectivity index is 0.00000417. The Morgan fingerprint density at radius 2 is 1.61 bits per heavy atom. The highest BCUT2D eigenvalue weighted by Gasteiger charge is 2.59. The van der Waals surface area contributed by atoms with Crippen molar-refractivity contribution in [2.45, 2.75) is 175 Å². The molecule has 1 amide bonds. The quantitative estimate of drug-likeness (QED) is 0.0877. The lowest BCUT2D eigenvalue weighted by atomic mass is 9.47. The molecule has 0 aromatic heterocycles. The molecule has 0 radical (unpaired) electrons. The lowest BCUT2D eigenvalue weighted by Gasteiger charge is -2.58. The second-order valence-electron chi connectivity index (χ2n) is 19.0. The number of allylic oxidation sites excluding steroid dienone is 2. The summed E-state index contributed by atoms with van der Waals surface area (Å²) in [6.45, 7) is 22.5. The Bertz CT molecular complexity index is 1060. The van der Waals surface area contributed by atoms with Gasteiger partial charge < -0.3 is 16.4 Å². The average Bonchev–Trinajstić information content (AvgIpc) is 3.33. The van der Waals surface area contributed by atoms with Crippen LogP contribution in [0.25, 0.3) is 0 Å². The second kappa shape index (κ2) is 19.1. The minimum absolute atomic E-state index is 0. The summed E-state index contributed by atoms with van der Waals surface area (Å²) >= 11 is 0. The Hall–Kier alpha value is 0.410. The highest BCUT2D eigenvalue weighted by molar-refractivity contribution is 8.76. The molecule has 4 aliphatic carbocycles. The zero-order valence-electron chi connectivity index (χ0n) is 33.0. The molecule has 0 spiro atoms. The number of rotatable bonds is 17. The molecule has 0 unspecified atom stereocenters. The predicted molar refractivity (Wildman–Crippen MR) is 223 cm³/mol. The summed E-state index contributed by atoms with van der Waals surface area (Å²) in [5.74, 6) is 6.56. The Morgan fingerprint density at radius 3 is 2.27 bits per heavy atom. The van der Waals surface area contributed by atoms with Crippen LogP contribution in [-0.4, -0.2) is 46.0 Å². The van der Waals surface area contributed by atoms with E-state index in [0.717, 1.165) is 73.6 Å². The molecule has 49 heavy (non-hydrogen) atoms. The zero-order valence-corrected chi connectivity index (χ0v) is 36.3. The van der Waals surface area contributed by atoms with E-state index in [1.54, 1.807) is 5.57 Å². The molecule has 8 atom stereocenters. The van der Waals surface area contributed by atoms with Crippen LogP contribution in [0.5, 0.6) is 0 Å². The van der Waals surface area contributed by atoms with Gasteiger partial charge in [0.1, 0.15) is 0 Å². The van der Waals surface area contributed by atoms with Crippen molar-refractivity contribution in [3.63, 3.8) is 0 Å². The largest absolute Gasteiger partial charge is 0.343 e. The second-order valence-corrected chi connectivity index (χ2v) is 21.8. The van der Waals surface area contributed by atoms with Crippen LogP contribution in [0.4, 0.5) is 0 Å². The van der Waals surface area contributed by atoms with E-state index in [1.807, 2.05) is 10.8 Å². The third-order valence-corrected chi connectivity index (χ3v) is 16.4. The number of carbonyl (C=O) groups is 1. The number of amides is 1. The van der Waals surface area contributed by atoms with Gasteiger partial charge in [-0.2, -0.15) is 0 Å². The van der Waals surface area contributed by atoms with Gasteiger partial charge in [0.2, 0.25) is 5.91 Å². The SMILES string of the molecule is CC(C)CCC[C@@H](C)[C@H]1CC[C@H]2[C@@H]3CC=C4C[C@@H](SSCCC(=O)N(CCCC(C)(C)N)CCC(C)(C)N)CC[C@]4(C)[C@H]3CC[C@]12C.Cl.Cl. The lowest BCUT2D eigenvalue weighted by molar-refractivity contribution is -0.131. The first-order valence-corrected chi connectivity index (χ1v) is 22.1. The molecule has 288 valence electrons. The highest BCUT2D eigenvalue weighted by atomic mass is 35.5. The van der Waals surface area contributed by atoms with Crippen molar-refractivity contribution >= 4 is 52.3 Å². The van der Waals surface area contributed by atoms with E-state index >= 15 is 0 Å². The molecule has 0 aliphatic heterocycles. The minimum atomic E-state index is -0.262. The molecule has 4 aliphatic rings. The van der Waals surface area contributed by atoms with Crippen LogP contribution in [0.1, 0.15) is 159 Å². The van der Waals surface area contributed by atoms with E-state index in [0.29, 0.717) is 22.5 Å². The van der Waals surface area contributed by atoms with Crippen molar-refractivity contribution in [1.29, 1.82) is 0 Å². The Morgan fingerprint density at radius 1 is 0.918 bits per heavy atom. The number of hydrogen-bond donors (Lipinski definition) is 2. The van der Waals surface area contributed by atoms with Gasteiger partial charge in [-0.3, -0.25) is 4.79 Å². The Kier molecular flexibility index (Phi) is 17.8. The van der Waals surface area contributed by atoms with Crippen molar-refractivity contribution in [1.82, 2.24) is 4.90 Å². The summed E-state index contributed by atoms with van der Waals surface area (Å²) in [6.07, 6.45) is 21.4. The Labute approximate surface area is 323 Å². The van der Waals surface area contributed by atoms with E-state index in [-0.39, 0.29) is 41.8 Å². The smallest absolute Gasteiger partial charge is 0.223 e. The number of nitrogens with two attached hydrogens (primary N) is 2. The molecule has 0 heterocycles. The van der Waals surface area contributed by atoms with Crippen molar-refractivity contribution in [3.8, 4) is 0 Å². The van der Waals surface area contributed by atoms with Gasteiger partial charge in [0, 0.05) is 41.6 Å². The monoisotopic (exact) mass is 761 g/mol. The van der Waals surface area contributed by atoms with Crippen LogP contribution in [0.3, 0.4) is 0 Å². The third kappa shape index (κ3) is 12.2. The molecule has 4 rings (SSSR count). The summed E-state index contributed by atoms with van der Waals surface area (Å²) in [6, 6.07) is 0. The fraction of sp³-hybridized carbons (Fsp3) is 0.927. The van der Waals surface area contributed by atoms with Crippen LogP contribution < -0.4 is 11.5 Å². The molecule has 3 saturated carbocycles. The zero-order chi connectivity index (χ0) is 34.6. The number of halogens is 2. The standard InChI is InChI=1S/C41H75N3OS2.2ClH/c1-29(2)12-10-13-30(3)34-16-17-35-33-15-14-31-28-32(18-22-40(31,8)36(33)19-23-41(34,35)9)47-46-27-20-37(45)44(26-24-39(6,7)43)25-11-21-38(4,5)42;;/h14,29-30,32-36H,10-13,15-28,42-43H2,1-9H3;2*1H/t30-,32+,33+,34-,35+,36+,40+,41-;;/m1../s1. The lowest BCUT2D eigenvalue weighted by Crippen LogP contribution is -2.50. The van der Waals surface area contributed by atoms with Crippen molar-refractivity contribution in [2.24, 2.45) is 57.8 Å². The molecule has 8 heteroatoms. The first-order chi connectivity index (χ1) is 21.9. The minimum Gasteiger partial charge on any atom is -0.343 e. The molecular formula is C41H77Cl2N3OS2. The summed E-state index contributed by atoms with van der Waals surface area (Å²) < 4.78 is 0. The van der Waals surface area contributed by atoms with Crippen LogP contribution >= 0.6 is 46.4 Å². The van der Waals surface area contributed by atoms with Crippen molar-refractivity contribution in [2.75, 3.05) is 18.8 Å². The summed E-state index contributed by atoms with van der Waals surface area (Å²) in [5, 5.41) is 0.684. The topological polar surface area (TPSA) is 72.3 Å². The van der Waals surface area contributed by atoms with Crippen LogP contribution in [0.15, 0.2) is 11.6 Å². The third-order valence-electron chi connectivity index (χ3n) is 13.5. The number of carbonyl (C=O) groups excluding carboxylic acids is 1. The molecule has 0 saturated heterocycles. The number of hydrogen-bond acceptors (Lipinski definition) is 5. The molecule has 4 N–H and O–H groups in total. The maximum Gasteiger partial charge on any atom is 0.223 e. The van der Waals surface area contributed by atoms with Gasteiger partial charge in [0.15, 0.2) is 0 Å². The van der Waals surface area contributed by atoms with Gasteiger partial charge in [0.25, 0.3) is 0 Å². The molecule has 4 nitrogen and oxygen atoms in total. The fourth-order valence-corrected chi connectivity index (χ4v) is 13.3. The fourth-order valence-electron chi connectivity index (χ4n) is 10.7. The van der Waals surface area contributed by atoms with Crippen LogP contribution in [0, 0.1) is 46.3 Å². The number of nitrogens with zero attached hydrogens (tertiary/aromatic N) is 1. The summed E-state index contributed by atoms with van der Waals surface area (Å²) in [7, 11) is 4.01. The van der Waals surface area contributed by atoms with E-state index in [4.69, 9.17) is 11.5 Å². The average molecular weight is 763 g/mol. The van der Waals surface area contributed by atoms with Gasteiger partial charge in [0.05, 0.1) is 0 Å². The van der Waals surface area contributed by atoms with Crippen LogP contribution in [0.2, 0.25) is 0 Å². The van der Waals surface area contributed by atoms with E-state index < -0.39 is 0 Å². The van der Waals surface area contributed by atoms with E-state index in [1.165, 1.54) is 70.6 Å². The first kappa shape index (κ1) is 45.6. The highest BCUT2D eigenvalue weighted by Crippen LogP contribution is 2.67. The molecule has 3 fully saturated rings. The maximum atomic E-state index is 13.3. The normalized spacial score (nSPS) is 31.8. The predicted octanol–water partition coefficient (Wildman–Crippen LogP) is 11.5. The van der Waals surface area contributed by atoms with Crippen molar-refractivity contribution in [3.05, 3.63) is 11.6 Å². The van der Waals surface area contributed by atoms with Gasteiger partial charge in [-0.1, -0.05) is 87.1 Å². The molecule has 0 bridgehead atoms. The van der Waals surface area contributed by atoms with Crippen molar-refractivity contribution < 1.29 is 4.79 Å².